The predicted molar refractivity (Wildman–Crippen MR) is 85.2 cm³/mol. The van der Waals surface area contributed by atoms with E-state index in [0.717, 1.165) is 17.0 Å². The molecule has 0 bridgehead atoms. The lowest BCUT2D eigenvalue weighted by Crippen LogP contribution is -2.60. The van der Waals surface area contributed by atoms with Gasteiger partial charge in [0.05, 0.1) is 7.11 Å². The van der Waals surface area contributed by atoms with Crippen molar-refractivity contribution < 1.29 is 19.1 Å². The van der Waals surface area contributed by atoms with Crippen molar-refractivity contribution in [1.82, 2.24) is 0 Å². The second kappa shape index (κ2) is 6.12. The first kappa shape index (κ1) is 15.1. The van der Waals surface area contributed by atoms with Gasteiger partial charge in [0, 0.05) is 12.6 Å². The van der Waals surface area contributed by atoms with Crippen molar-refractivity contribution >= 4 is 17.6 Å². The lowest BCUT2D eigenvalue weighted by molar-refractivity contribution is -0.160. The number of rotatable bonds is 4. The van der Waals surface area contributed by atoms with Crippen LogP contribution in [-0.4, -0.2) is 25.1 Å². The number of methoxy groups -OCH3 is 1. The number of hydrogen-bond acceptors (Lipinski definition) is 4. The molecule has 5 heteroatoms. The molecular formula is C18H17NO4. The van der Waals surface area contributed by atoms with Crippen molar-refractivity contribution in [3.63, 3.8) is 0 Å². The summed E-state index contributed by atoms with van der Waals surface area (Å²) < 4.78 is 10.4. The van der Waals surface area contributed by atoms with E-state index in [9.17, 15) is 9.59 Å². The van der Waals surface area contributed by atoms with Gasteiger partial charge in [-0.25, -0.2) is 0 Å². The molecule has 0 unspecified atom stereocenters. The molecular weight excluding hydrogens is 294 g/mol. The summed E-state index contributed by atoms with van der Waals surface area (Å²) in [6.45, 7) is 1.31. The zero-order chi connectivity index (χ0) is 16.4. The van der Waals surface area contributed by atoms with Crippen LogP contribution in [0.2, 0.25) is 0 Å². The monoisotopic (exact) mass is 311 g/mol. The Bertz CT molecular complexity index is 712. The van der Waals surface area contributed by atoms with E-state index in [-0.39, 0.29) is 11.9 Å². The highest BCUT2D eigenvalue weighted by atomic mass is 16.6. The molecule has 0 N–H and O–H groups in total. The number of β-lactam (4-membered cyclic amide) rings is 1. The molecule has 2 atom stereocenters. The Morgan fingerprint density at radius 3 is 2.26 bits per heavy atom. The Labute approximate surface area is 134 Å². The molecule has 1 heterocycles. The zero-order valence-electron chi connectivity index (χ0n) is 12.9. The van der Waals surface area contributed by atoms with Gasteiger partial charge < -0.3 is 9.47 Å². The van der Waals surface area contributed by atoms with Crippen LogP contribution in [0.3, 0.4) is 0 Å². The molecule has 1 aliphatic heterocycles. The van der Waals surface area contributed by atoms with Gasteiger partial charge in [-0.3, -0.25) is 14.5 Å². The zero-order valence-corrected chi connectivity index (χ0v) is 12.9. The van der Waals surface area contributed by atoms with Crippen molar-refractivity contribution in [2.45, 2.75) is 19.1 Å². The van der Waals surface area contributed by atoms with Gasteiger partial charge in [-0.05, 0) is 29.8 Å². The van der Waals surface area contributed by atoms with E-state index in [4.69, 9.17) is 9.47 Å². The van der Waals surface area contributed by atoms with Gasteiger partial charge in [0.15, 0.2) is 0 Å². The van der Waals surface area contributed by atoms with Crippen LogP contribution in [-0.2, 0) is 14.3 Å². The van der Waals surface area contributed by atoms with E-state index >= 15 is 0 Å². The van der Waals surface area contributed by atoms with Crippen LogP contribution in [0.1, 0.15) is 18.5 Å². The quantitative estimate of drug-likeness (QED) is 0.643. The molecule has 1 aliphatic rings. The lowest BCUT2D eigenvalue weighted by Gasteiger charge is -2.46. The van der Waals surface area contributed by atoms with Gasteiger partial charge in [-0.15, -0.1) is 0 Å². The van der Waals surface area contributed by atoms with Crippen LogP contribution in [0.4, 0.5) is 5.69 Å². The summed E-state index contributed by atoms with van der Waals surface area (Å²) in [5.41, 5.74) is 1.67. The highest BCUT2D eigenvalue weighted by molar-refractivity contribution is 6.05. The number of benzene rings is 2. The minimum absolute atomic E-state index is 0.216. The summed E-state index contributed by atoms with van der Waals surface area (Å²) in [4.78, 5) is 25.4. The molecule has 2 aromatic carbocycles. The van der Waals surface area contributed by atoms with Gasteiger partial charge in [-0.2, -0.15) is 0 Å². The number of anilines is 1. The first-order chi connectivity index (χ1) is 11.1. The Kier molecular flexibility index (Phi) is 4.02. The Balaban J connectivity index is 1.95. The summed E-state index contributed by atoms with van der Waals surface area (Å²) in [5.74, 6) is 0.0523. The van der Waals surface area contributed by atoms with E-state index in [1.807, 2.05) is 54.6 Å². The number of ether oxygens (including phenoxy) is 2. The van der Waals surface area contributed by atoms with Gasteiger partial charge >= 0.3 is 5.97 Å². The van der Waals surface area contributed by atoms with Crippen molar-refractivity contribution in [2.75, 3.05) is 12.0 Å². The van der Waals surface area contributed by atoms with E-state index in [1.165, 1.54) is 6.92 Å². The number of carbonyl (C=O) groups excluding carboxylic acids is 2. The number of esters is 1. The standard InChI is InChI=1S/C18H17NO4/c1-12(20)23-17-16(13-8-10-15(22-2)11-9-13)19(18(17)21)14-6-4-3-5-7-14/h3-11,16-17H,1-2H3/t16-,17+/m1/s1. The van der Waals surface area contributed by atoms with Crippen LogP contribution >= 0.6 is 0 Å². The average molecular weight is 311 g/mol. The molecule has 1 saturated heterocycles. The first-order valence-corrected chi connectivity index (χ1v) is 7.31. The summed E-state index contributed by atoms with van der Waals surface area (Å²) in [5, 5.41) is 0. The van der Waals surface area contributed by atoms with Crippen molar-refractivity contribution in [1.29, 1.82) is 0 Å². The SMILES string of the molecule is COc1ccc([C@@H]2[C@H](OC(C)=O)C(=O)N2c2ccccc2)cc1. The molecule has 23 heavy (non-hydrogen) atoms. The van der Waals surface area contributed by atoms with Crippen molar-refractivity contribution in [3.8, 4) is 5.75 Å². The molecule has 118 valence electrons. The van der Waals surface area contributed by atoms with Gasteiger partial charge in [0.1, 0.15) is 11.8 Å². The number of para-hydroxylation sites is 1. The van der Waals surface area contributed by atoms with Crippen molar-refractivity contribution in [2.24, 2.45) is 0 Å². The number of carbonyl (C=O) groups is 2. The third-order valence-corrected chi connectivity index (χ3v) is 3.83. The topological polar surface area (TPSA) is 55.8 Å². The van der Waals surface area contributed by atoms with Gasteiger partial charge in [-0.1, -0.05) is 30.3 Å². The minimum Gasteiger partial charge on any atom is -0.497 e. The maximum Gasteiger partial charge on any atom is 0.303 e. The fraction of sp³-hybridized carbons (Fsp3) is 0.222. The summed E-state index contributed by atoms with van der Waals surface area (Å²) in [7, 11) is 1.60. The van der Waals surface area contributed by atoms with E-state index in [0.29, 0.717) is 0 Å². The van der Waals surface area contributed by atoms with Crippen LogP contribution < -0.4 is 9.64 Å². The fourth-order valence-electron chi connectivity index (χ4n) is 2.76. The number of amides is 1. The maximum absolute atomic E-state index is 12.4. The van der Waals surface area contributed by atoms with Crippen LogP contribution in [0.15, 0.2) is 54.6 Å². The predicted octanol–water partition coefficient (Wildman–Crippen LogP) is 2.71. The second-order valence-electron chi connectivity index (χ2n) is 5.29. The third-order valence-electron chi connectivity index (χ3n) is 3.83. The number of hydrogen-bond donors (Lipinski definition) is 0. The van der Waals surface area contributed by atoms with E-state index in [2.05, 4.69) is 0 Å². The van der Waals surface area contributed by atoms with E-state index < -0.39 is 12.1 Å². The van der Waals surface area contributed by atoms with Crippen LogP contribution in [0, 0.1) is 0 Å². The average Bonchev–Trinajstić information content (AvgIpc) is 2.58. The molecule has 5 nitrogen and oxygen atoms in total. The lowest BCUT2D eigenvalue weighted by atomic mass is 9.89. The van der Waals surface area contributed by atoms with Crippen LogP contribution in [0.5, 0.6) is 5.75 Å². The molecule has 0 saturated carbocycles. The van der Waals surface area contributed by atoms with Crippen LogP contribution in [0.25, 0.3) is 0 Å². The molecule has 2 aromatic rings. The Morgan fingerprint density at radius 2 is 1.70 bits per heavy atom. The molecule has 0 aromatic heterocycles. The largest absolute Gasteiger partial charge is 0.497 e. The van der Waals surface area contributed by atoms with Gasteiger partial charge in [0.2, 0.25) is 6.10 Å². The minimum atomic E-state index is -0.791. The smallest absolute Gasteiger partial charge is 0.303 e. The molecule has 1 fully saturated rings. The molecule has 1 amide bonds. The molecule has 0 radical (unpaired) electrons. The second-order valence-corrected chi connectivity index (χ2v) is 5.29. The molecule has 3 rings (SSSR count). The maximum atomic E-state index is 12.4. The van der Waals surface area contributed by atoms with Crippen molar-refractivity contribution in [3.05, 3.63) is 60.2 Å². The van der Waals surface area contributed by atoms with E-state index in [1.54, 1.807) is 12.0 Å². The number of nitrogens with zero attached hydrogens (tertiary/aromatic N) is 1. The first-order valence-electron chi connectivity index (χ1n) is 7.31. The van der Waals surface area contributed by atoms with Gasteiger partial charge in [0.25, 0.3) is 5.91 Å². The Hall–Kier alpha value is -2.82. The fourth-order valence-corrected chi connectivity index (χ4v) is 2.76. The summed E-state index contributed by atoms with van der Waals surface area (Å²) in [6, 6.07) is 16.4. The molecule has 0 spiro atoms. The summed E-state index contributed by atoms with van der Waals surface area (Å²) >= 11 is 0. The Morgan fingerprint density at radius 1 is 1.04 bits per heavy atom. The third kappa shape index (κ3) is 2.77. The normalized spacial score (nSPS) is 19.9. The highest BCUT2D eigenvalue weighted by Crippen LogP contribution is 2.41. The molecule has 0 aliphatic carbocycles. The summed E-state index contributed by atoms with van der Waals surface area (Å²) in [6.07, 6.45) is -0.791. The highest BCUT2D eigenvalue weighted by Gasteiger charge is 2.51.